The number of carbonyl (C=O) groups is 2. The minimum atomic E-state index is -0.702. The molecule has 0 unspecified atom stereocenters. The van der Waals surface area contributed by atoms with Gasteiger partial charge >= 0.3 is 0 Å². The first kappa shape index (κ1) is 20.6. The van der Waals surface area contributed by atoms with Crippen molar-refractivity contribution in [2.75, 3.05) is 0 Å². The second-order valence-electron chi connectivity index (χ2n) is 6.49. The molecule has 0 aliphatic heterocycles. The first-order valence-corrected chi connectivity index (χ1v) is 9.23. The number of nitrogens with one attached hydrogen (secondary N) is 2. The van der Waals surface area contributed by atoms with Gasteiger partial charge in [-0.25, -0.2) is 4.68 Å². The van der Waals surface area contributed by atoms with Crippen molar-refractivity contribution >= 4 is 28.3 Å². The first-order valence-electron chi connectivity index (χ1n) is 9.23. The van der Waals surface area contributed by atoms with Gasteiger partial charge in [-0.15, -0.1) is 0 Å². The van der Waals surface area contributed by atoms with E-state index in [1.54, 1.807) is 30.3 Å². The Kier molecular flexibility index (Phi) is 6.16. The van der Waals surface area contributed by atoms with Gasteiger partial charge in [0.15, 0.2) is 5.69 Å². The number of fused-ring (bicyclic) bond motifs is 1. The van der Waals surface area contributed by atoms with Gasteiger partial charge in [-0.1, -0.05) is 43.3 Å². The molecule has 0 saturated carbocycles. The molecule has 3 aromatic rings. The summed E-state index contributed by atoms with van der Waals surface area (Å²) in [7, 11) is 0. The fraction of sp³-hybridized carbons (Fsp3) is 0.200. The molecule has 0 bridgehead atoms. The molecule has 0 radical (unpaired) electrons. The number of carbonyl (C=O) groups excluding carboxylic acids is 2. The molecule has 2 aromatic carbocycles. The number of rotatable bonds is 6. The predicted molar refractivity (Wildman–Crippen MR) is 109 cm³/mol. The van der Waals surface area contributed by atoms with Gasteiger partial charge in [0.05, 0.1) is 16.7 Å². The summed E-state index contributed by atoms with van der Waals surface area (Å²) in [6, 6.07) is 12.4. The van der Waals surface area contributed by atoms with Gasteiger partial charge in [0.1, 0.15) is 0 Å². The third kappa shape index (κ3) is 4.32. The molecule has 2 N–H and O–H groups in total. The molecule has 10 nitrogen and oxygen atoms in total. The maximum absolute atomic E-state index is 12.6. The fourth-order valence-corrected chi connectivity index (χ4v) is 3.01. The summed E-state index contributed by atoms with van der Waals surface area (Å²) in [5, 5.41) is 15.9. The van der Waals surface area contributed by atoms with E-state index in [0.717, 1.165) is 0 Å². The van der Waals surface area contributed by atoms with Crippen LogP contribution in [0.1, 0.15) is 29.4 Å². The largest absolute Gasteiger partial charge is 0.290 e. The molecule has 0 saturated heterocycles. The topological polar surface area (TPSA) is 136 Å². The maximum atomic E-state index is 12.6. The van der Waals surface area contributed by atoms with Crippen molar-refractivity contribution in [3.63, 3.8) is 0 Å². The number of amides is 2. The van der Waals surface area contributed by atoms with E-state index in [1.807, 2.05) is 6.92 Å². The summed E-state index contributed by atoms with van der Waals surface area (Å²) in [6.45, 7) is 2.22. The van der Waals surface area contributed by atoms with Crippen LogP contribution in [0, 0.1) is 10.1 Å². The van der Waals surface area contributed by atoms with E-state index in [9.17, 15) is 24.5 Å². The Bertz CT molecular complexity index is 1190. The summed E-state index contributed by atoms with van der Waals surface area (Å²) < 4.78 is 1.21. The Labute approximate surface area is 170 Å². The summed E-state index contributed by atoms with van der Waals surface area (Å²) in [5.41, 5.74) is 4.22. The molecule has 10 heteroatoms. The third-order valence-electron chi connectivity index (χ3n) is 4.37. The van der Waals surface area contributed by atoms with Crippen LogP contribution in [-0.4, -0.2) is 26.5 Å². The lowest BCUT2D eigenvalue weighted by Gasteiger charge is -2.11. The molecule has 154 valence electrons. The van der Waals surface area contributed by atoms with Crippen molar-refractivity contribution in [3.8, 4) is 0 Å². The minimum absolute atomic E-state index is 0.00959. The van der Waals surface area contributed by atoms with E-state index in [2.05, 4.69) is 16.0 Å². The molecule has 0 aliphatic carbocycles. The lowest BCUT2D eigenvalue weighted by molar-refractivity contribution is -0.385. The number of hydrazine groups is 1. The van der Waals surface area contributed by atoms with Gasteiger partial charge in [-0.3, -0.25) is 35.3 Å². The highest BCUT2D eigenvalue weighted by atomic mass is 16.6. The lowest BCUT2D eigenvalue weighted by Crippen LogP contribution is -2.43. The Hall–Kier alpha value is -4.08. The molecule has 0 aliphatic rings. The van der Waals surface area contributed by atoms with Crippen LogP contribution in [0.5, 0.6) is 0 Å². The molecule has 30 heavy (non-hydrogen) atoms. The van der Waals surface area contributed by atoms with Gasteiger partial charge < -0.3 is 0 Å². The van der Waals surface area contributed by atoms with Crippen molar-refractivity contribution in [3.05, 3.63) is 80.3 Å². The molecule has 0 spiro atoms. The van der Waals surface area contributed by atoms with Gasteiger partial charge in [0, 0.05) is 23.6 Å². The zero-order chi connectivity index (χ0) is 21.7. The number of nitro benzene ring substituents is 1. The van der Waals surface area contributed by atoms with Crippen molar-refractivity contribution in [2.24, 2.45) is 0 Å². The van der Waals surface area contributed by atoms with E-state index in [-0.39, 0.29) is 28.9 Å². The van der Waals surface area contributed by atoms with Crippen LogP contribution in [0.25, 0.3) is 10.8 Å². The summed E-state index contributed by atoms with van der Waals surface area (Å²) in [5.74, 6) is -1.34. The number of aromatic nitrogens is 2. The molecule has 1 aromatic heterocycles. The minimum Gasteiger partial charge on any atom is -0.273 e. The van der Waals surface area contributed by atoms with Crippen LogP contribution in [0.4, 0.5) is 5.69 Å². The van der Waals surface area contributed by atoms with Crippen LogP contribution in [0.15, 0.2) is 53.3 Å². The number of nitro groups is 1. The van der Waals surface area contributed by atoms with Crippen molar-refractivity contribution < 1.29 is 14.5 Å². The molecular formula is C20H19N5O5. The molecule has 0 fully saturated rings. The molecular weight excluding hydrogens is 390 g/mol. The van der Waals surface area contributed by atoms with Crippen molar-refractivity contribution in [1.82, 2.24) is 20.6 Å². The van der Waals surface area contributed by atoms with Crippen LogP contribution >= 0.6 is 0 Å². The highest BCUT2D eigenvalue weighted by Gasteiger charge is 2.19. The number of hydrogen-bond donors (Lipinski definition) is 2. The molecule has 1 heterocycles. The SMILES string of the molecule is CCCn1nc(C(=O)NNC(=O)Cc2ccccc2[N+](=O)[O-])c2ccccc2c1=O. The quantitative estimate of drug-likeness (QED) is 0.470. The van der Waals surface area contributed by atoms with E-state index in [0.29, 0.717) is 23.7 Å². The normalized spacial score (nSPS) is 10.6. The van der Waals surface area contributed by atoms with Gasteiger partial charge in [-0.2, -0.15) is 5.10 Å². The summed E-state index contributed by atoms with van der Waals surface area (Å²) >= 11 is 0. The standard InChI is InChI=1S/C20H19N5O5/c1-2-11-24-20(28)15-9-5-4-8-14(15)18(23-24)19(27)22-21-17(26)12-13-7-3-6-10-16(13)25(29)30/h3-10H,2,11-12H2,1H3,(H,21,26)(H,22,27). The average Bonchev–Trinajstić information content (AvgIpc) is 2.74. The Morgan fingerprint density at radius 1 is 1.07 bits per heavy atom. The molecule has 3 rings (SSSR count). The maximum Gasteiger partial charge on any atom is 0.290 e. The van der Waals surface area contributed by atoms with Crippen LogP contribution in [-0.2, 0) is 17.8 Å². The molecule has 0 atom stereocenters. The number of hydrogen-bond acceptors (Lipinski definition) is 6. The predicted octanol–water partition coefficient (Wildman–Crippen LogP) is 1.72. The van der Waals surface area contributed by atoms with Crippen molar-refractivity contribution in [1.29, 1.82) is 0 Å². The second kappa shape index (κ2) is 8.95. The van der Waals surface area contributed by atoms with E-state index >= 15 is 0 Å². The van der Waals surface area contributed by atoms with E-state index in [4.69, 9.17) is 0 Å². The van der Waals surface area contributed by atoms with Crippen LogP contribution in [0.2, 0.25) is 0 Å². The first-order chi connectivity index (χ1) is 14.4. The zero-order valence-electron chi connectivity index (χ0n) is 16.1. The zero-order valence-corrected chi connectivity index (χ0v) is 16.1. The third-order valence-corrected chi connectivity index (χ3v) is 4.37. The monoisotopic (exact) mass is 409 g/mol. The van der Waals surface area contributed by atoms with Gasteiger partial charge in [0.25, 0.3) is 17.2 Å². The Morgan fingerprint density at radius 3 is 2.43 bits per heavy atom. The number of nitrogens with zero attached hydrogens (tertiary/aromatic N) is 3. The lowest BCUT2D eigenvalue weighted by atomic mass is 10.1. The smallest absolute Gasteiger partial charge is 0.273 e. The summed E-state index contributed by atoms with van der Waals surface area (Å²) in [4.78, 5) is 47.8. The second-order valence-corrected chi connectivity index (χ2v) is 6.49. The van der Waals surface area contributed by atoms with E-state index in [1.165, 1.54) is 22.9 Å². The highest BCUT2D eigenvalue weighted by Crippen LogP contribution is 2.18. The van der Waals surface area contributed by atoms with Crippen LogP contribution in [0.3, 0.4) is 0 Å². The van der Waals surface area contributed by atoms with Gasteiger partial charge in [0.2, 0.25) is 5.91 Å². The fourth-order valence-electron chi connectivity index (χ4n) is 3.01. The highest BCUT2D eigenvalue weighted by molar-refractivity contribution is 6.05. The number of aryl methyl sites for hydroxylation is 1. The van der Waals surface area contributed by atoms with Crippen molar-refractivity contribution in [2.45, 2.75) is 26.3 Å². The average molecular weight is 409 g/mol. The van der Waals surface area contributed by atoms with Crippen LogP contribution < -0.4 is 16.4 Å². The number of benzene rings is 2. The number of para-hydroxylation sites is 1. The Balaban J connectivity index is 1.79. The van der Waals surface area contributed by atoms with Gasteiger partial charge in [-0.05, 0) is 12.5 Å². The Morgan fingerprint density at radius 2 is 1.73 bits per heavy atom. The summed E-state index contributed by atoms with van der Waals surface area (Å²) in [6.07, 6.45) is 0.361. The molecule has 2 amide bonds. The van der Waals surface area contributed by atoms with E-state index < -0.39 is 16.7 Å².